The molecular weight excluding hydrogens is 296 g/mol. The molecule has 3 rings (SSSR count). The first-order valence-corrected chi connectivity index (χ1v) is 7.64. The third-order valence-corrected chi connectivity index (χ3v) is 3.96. The van der Waals surface area contributed by atoms with Crippen molar-refractivity contribution in [3.8, 4) is 0 Å². The number of thioether (sulfide) groups is 1. The van der Waals surface area contributed by atoms with Gasteiger partial charge in [0.1, 0.15) is 0 Å². The van der Waals surface area contributed by atoms with Crippen LogP contribution in [0.5, 0.6) is 0 Å². The van der Waals surface area contributed by atoms with Crippen molar-refractivity contribution in [2.45, 2.75) is 24.9 Å². The van der Waals surface area contributed by atoms with Crippen molar-refractivity contribution in [1.82, 2.24) is 20.1 Å². The molecule has 1 aromatic carbocycles. The monoisotopic (exact) mass is 308 g/mol. The van der Waals surface area contributed by atoms with Gasteiger partial charge in [0.15, 0.2) is 11.0 Å². The van der Waals surface area contributed by atoms with Crippen LogP contribution in [0.3, 0.4) is 0 Å². The van der Waals surface area contributed by atoms with E-state index in [1.165, 1.54) is 0 Å². The van der Waals surface area contributed by atoms with Crippen LogP contribution in [0.25, 0.3) is 11.0 Å². The molecule has 0 atom stereocenters. The lowest BCUT2D eigenvalue weighted by molar-refractivity contribution is 0.374. The van der Waals surface area contributed by atoms with Crippen LogP contribution < -0.4 is 0 Å². The van der Waals surface area contributed by atoms with Crippen molar-refractivity contribution in [2.75, 3.05) is 5.75 Å². The molecule has 0 radical (unpaired) electrons. The number of imidazole rings is 1. The molecule has 0 unspecified atom stereocenters. The fourth-order valence-electron chi connectivity index (χ4n) is 1.86. The zero-order valence-corrected chi connectivity index (χ0v) is 12.5. The Kier molecular flexibility index (Phi) is 3.93. The molecule has 7 heteroatoms. The SMILES string of the molecule is Cc1noc(CCCSc2nc3ccc(Cl)cc3[nH]2)n1. The highest BCUT2D eigenvalue weighted by Crippen LogP contribution is 2.22. The minimum atomic E-state index is 0.682. The van der Waals surface area contributed by atoms with Gasteiger partial charge in [-0.25, -0.2) is 4.98 Å². The normalized spacial score (nSPS) is 11.3. The van der Waals surface area contributed by atoms with Gasteiger partial charge in [0, 0.05) is 17.2 Å². The maximum Gasteiger partial charge on any atom is 0.226 e. The van der Waals surface area contributed by atoms with Gasteiger partial charge in [-0.3, -0.25) is 0 Å². The summed E-state index contributed by atoms with van der Waals surface area (Å²) in [6, 6.07) is 5.64. The Morgan fingerprint density at radius 2 is 2.25 bits per heavy atom. The Morgan fingerprint density at radius 1 is 1.35 bits per heavy atom. The molecule has 3 aromatic rings. The van der Waals surface area contributed by atoms with Gasteiger partial charge in [-0.05, 0) is 31.5 Å². The maximum absolute atomic E-state index is 5.95. The van der Waals surface area contributed by atoms with E-state index in [0.29, 0.717) is 16.7 Å². The largest absolute Gasteiger partial charge is 0.339 e. The summed E-state index contributed by atoms with van der Waals surface area (Å²) in [6.07, 6.45) is 1.75. The van der Waals surface area contributed by atoms with E-state index in [4.69, 9.17) is 16.1 Å². The molecule has 0 amide bonds. The van der Waals surface area contributed by atoms with Gasteiger partial charge in [0.2, 0.25) is 5.89 Å². The average Bonchev–Trinajstić information content (AvgIpc) is 3.00. The average molecular weight is 309 g/mol. The first kappa shape index (κ1) is 13.5. The Hall–Kier alpha value is -1.53. The number of hydrogen-bond donors (Lipinski definition) is 1. The molecule has 2 aromatic heterocycles. The van der Waals surface area contributed by atoms with E-state index in [-0.39, 0.29) is 0 Å². The van der Waals surface area contributed by atoms with Gasteiger partial charge in [-0.2, -0.15) is 4.98 Å². The fourth-order valence-corrected chi connectivity index (χ4v) is 2.86. The molecule has 0 saturated carbocycles. The van der Waals surface area contributed by atoms with Crippen molar-refractivity contribution in [1.29, 1.82) is 0 Å². The van der Waals surface area contributed by atoms with E-state index in [0.717, 1.165) is 34.8 Å². The van der Waals surface area contributed by atoms with E-state index in [1.54, 1.807) is 11.8 Å². The summed E-state index contributed by atoms with van der Waals surface area (Å²) in [5, 5.41) is 5.39. The number of aryl methyl sites for hydroxylation is 2. The smallest absolute Gasteiger partial charge is 0.226 e. The number of nitrogens with zero attached hydrogens (tertiary/aromatic N) is 3. The van der Waals surface area contributed by atoms with Crippen molar-refractivity contribution in [3.63, 3.8) is 0 Å². The number of halogens is 1. The molecule has 0 aliphatic carbocycles. The Balaban J connectivity index is 1.54. The van der Waals surface area contributed by atoms with Crippen LogP contribution in [0, 0.1) is 6.92 Å². The van der Waals surface area contributed by atoms with Crippen molar-refractivity contribution >= 4 is 34.4 Å². The van der Waals surface area contributed by atoms with Crippen molar-refractivity contribution in [3.05, 3.63) is 34.9 Å². The zero-order valence-electron chi connectivity index (χ0n) is 10.9. The lowest BCUT2D eigenvalue weighted by Gasteiger charge is -1.95. The quantitative estimate of drug-likeness (QED) is 0.576. The predicted molar refractivity (Wildman–Crippen MR) is 79.2 cm³/mol. The summed E-state index contributed by atoms with van der Waals surface area (Å²) in [6.45, 7) is 1.82. The summed E-state index contributed by atoms with van der Waals surface area (Å²) in [5.74, 6) is 2.32. The molecule has 0 aliphatic rings. The third-order valence-electron chi connectivity index (χ3n) is 2.77. The number of aromatic amines is 1. The summed E-state index contributed by atoms with van der Waals surface area (Å²) in [4.78, 5) is 11.9. The molecular formula is C13H13ClN4OS. The van der Waals surface area contributed by atoms with Gasteiger partial charge in [0.25, 0.3) is 0 Å². The van der Waals surface area contributed by atoms with Gasteiger partial charge in [0.05, 0.1) is 11.0 Å². The summed E-state index contributed by atoms with van der Waals surface area (Å²) in [5.41, 5.74) is 1.90. The van der Waals surface area contributed by atoms with E-state index in [9.17, 15) is 0 Å². The highest BCUT2D eigenvalue weighted by molar-refractivity contribution is 7.99. The summed E-state index contributed by atoms with van der Waals surface area (Å²) >= 11 is 7.63. The fraction of sp³-hybridized carbons (Fsp3) is 0.308. The molecule has 0 saturated heterocycles. The second-order valence-corrected chi connectivity index (χ2v) is 5.91. The van der Waals surface area contributed by atoms with E-state index >= 15 is 0 Å². The molecule has 0 fully saturated rings. The lowest BCUT2D eigenvalue weighted by Crippen LogP contribution is -1.88. The third kappa shape index (κ3) is 3.13. The van der Waals surface area contributed by atoms with Gasteiger partial charge >= 0.3 is 0 Å². The van der Waals surface area contributed by atoms with E-state index in [2.05, 4.69) is 20.1 Å². The molecule has 1 N–H and O–H groups in total. The minimum Gasteiger partial charge on any atom is -0.339 e. The molecule has 2 heterocycles. The second-order valence-electron chi connectivity index (χ2n) is 4.39. The van der Waals surface area contributed by atoms with Crippen LogP contribution in [-0.4, -0.2) is 25.9 Å². The molecule has 104 valence electrons. The van der Waals surface area contributed by atoms with Crippen molar-refractivity contribution in [2.24, 2.45) is 0 Å². The van der Waals surface area contributed by atoms with Crippen LogP contribution in [0.1, 0.15) is 18.1 Å². The second kappa shape index (κ2) is 5.85. The Labute approximate surface area is 125 Å². The zero-order chi connectivity index (χ0) is 13.9. The molecule has 0 aliphatic heterocycles. The highest BCUT2D eigenvalue weighted by atomic mass is 35.5. The van der Waals surface area contributed by atoms with Crippen LogP contribution in [-0.2, 0) is 6.42 Å². The molecule has 0 spiro atoms. The van der Waals surface area contributed by atoms with Gasteiger partial charge in [-0.15, -0.1) is 0 Å². The maximum atomic E-state index is 5.95. The molecule has 0 bridgehead atoms. The number of fused-ring (bicyclic) bond motifs is 1. The van der Waals surface area contributed by atoms with Gasteiger partial charge < -0.3 is 9.51 Å². The van der Waals surface area contributed by atoms with Crippen LogP contribution in [0.2, 0.25) is 5.02 Å². The topological polar surface area (TPSA) is 67.6 Å². The molecule has 5 nitrogen and oxygen atoms in total. The standard InChI is InChI=1S/C13H13ClN4OS/c1-8-15-12(19-18-8)3-2-6-20-13-16-10-5-4-9(14)7-11(10)17-13/h4-5,7H,2-3,6H2,1H3,(H,16,17). The Morgan fingerprint density at radius 3 is 3.05 bits per heavy atom. The number of hydrogen-bond acceptors (Lipinski definition) is 5. The first-order valence-electron chi connectivity index (χ1n) is 6.28. The summed E-state index contributed by atoms with van der Waals surface area (Å²) in [7, 11) is 0. The van der Waals surface area contributed by atoms with Crippen LogP contribution >= 0.6 is 23.4 Å². The number of nitrogens with one attached hydrogen (secondary N) is 1. The predicted octanol–water partition coefficient (Wildman–Crippen LogP) is 3.63. The first-order chi connectivity index (χ1) is 9.70. The highest BCUT2D eigenvalue weighted by Gasteiger charge is 2.05. The number of benzene rings is 1. The number of aromatic nitrogens is 4. The number of rotatable bonds is 5. The van der Waals surface area contributed by atoms with E-state index < -0.39 is 0 Å². The molecule has 20 heavy (non-hydrogen) atoms. The van der Waals surface area contributed by atoms with Crippen LogP contribution in [0.15, 0.2) is 27.9 Å². The summed E-state index contributed by atoms with van der Waals surface area (Å²) < 4.78 is 5.07. The lowest BCUT2D eigenvalue weighted by atomic mass is 10.3. The number of H-pyrrole nitrogens is 1. The van der Waals surface area contributed by atoms with Crippen LogP contribution in [0.4, 0.5) is 0 Å². The van der Waals surface area contributed by atoms with Gasteiger partial charge in [-0.1, -0.05) is 28.5 Å². The Bertz CT molecular complexity index is 724. The van der Waals surface area contributed by atoms with E-state index in [1.807, 2.05) is 25.1 Å². The minimum absolute atomic E-state index is 0.682. The van der Waals surface area contributed by atoms with Crippen molar-refractivity contribution < 1.29 is 4.52 Å².